The molecule has 0 bridgehead atoms. The maximum absolute atomic E-state index is 13.7. The second-order valence-corrected chi connectivity index (χ2v) is 8.24. The van der Waals surface area contributed by atoms with E-state index >= 15 is 0 Å². The van der Waals surface area contributed by atoms with E-state index in [1.165, 1.54) is 22.3 Å². The largest absolute Gasteiger partial charge is 0.435 e. The molecule has 1 spiro atoms. The zero-order chi connectivity index (χ0) is 21.4. The number of hydrogen-bond acceptors (Lipinski definition) is 5. The van der Waals surface area contributed by atoms with Gasteiger partial charge in [0.15, 0.2) is 0 Å². The standard InChI is InChI=1S/C25H17NO4S/c27-22-15-19(21-12-7-13-31-21)25(30-22)20(14-17-8-3-1-4-9-17)23(28)26(24(25)29)16-18-10-5-2-6-11-18/h1-15H,16H2/b20-14+. The predicted molar refractivity (Wildman–Crippen MR) is 118 cm³/mol. The molecule has 2 aliphatic heterocycles. The van der Waals surface area contributed by atoms with Crippen LogP contribution in [0.25, 0.3) is 11.6 Å². The van der Waals surface area contributed by atoms with E-state index in [-0.39, 0.29) is 12.1 Å². The molecule has 5 rings (SSSR count). The first-order valence-corrected chi connectivity index (χ1v) is 10.6. The minimum Gasteiger partial charge on any atom is -0.435 e. The van der Waals surface area contributed by atoms with Crippen LogP contribution in [0, 0.1) is 0 Å². The van der Waals surface area contributed by atoms with Crippen LogP contribution < -0.4 is 0 Å². The Kier molecular flexibility index (Phi) is 4.64. The molecule has 1 atom stereocenters. The molecule has 3 aromatic rings. The van der Waals surface area contributed by atoms with Gasteiger partial charge in [-0.1, -0.05) is 66.7 Å². The molecule has 2 amide bonds. The third kappa shape index (κ3) is 3.12. The lowest BCUT2D eigenvalue weighted by Crippen LogP contribution is -2.42. The van der Waals surface area contributed by atoms with Crippen LogP contribution in [0.3, 0.4) is 0 Å². The minimum absolute atomic E-state index is 0.0989. The molecule has 5 nitrogen and oxygen atoms in total. The fourth-order valence-electron chi connectivity index (χ4n) is 3.97. The minimum atomic E-state index is -1.77. The van der Waals surface area contributed by atoms with Crippen molar-refractivity contribution in [3.63, 3.8) is 0 Å². The van der Waals surface area contributed by atoms with E-state index in [0.717, 1.165) is 11.1 Å². The van der Waals surface area contributed by atoms with Gasteiger partial charge >= 0.3 is 5.97 Å². The number of likely N-dealkylation sites (tertiary alicyclic amines) is 1. The van der Waals surface area contributed by atoms with Crippen molar-refractivity contribution in [2.45, 2.75) is 12.1 Å². The van der Waals surface area contributed by atoms with Crippen molar-refractivity contribution in [1.29, 1.82) is 0 Å². The van der Waals surface area contributed by atoms with E-state index in [4.69, 9.17) is 4.74 Å². The van der Waals surface area contributed by atoms with Gasteiger partial charge in [-0.2, -0.15) is 0 Å². The second-order valence-electron chi connectivity index (χ2n) is 7.29. The SMILES string of the molecule is O=C1C=C(c2cccs2)C2(O1)C(=O)N(Cc1ccccc1)C(=O)/C2=C\c1ccccc1. The summed E-state index contributed by atoms with van der Waals surface area (Å²) in [5.74, 6) is -1.64. The summed E-state index contributed by atoms with van der Waals surface area (Å²) in [5.41, 5.74) is 0.331. The summed E-state index contributed by atoms with van der Waals surface area (Å²) in [5, 5.41) is 1.86. The monoisotopic (exact) mass is 427 g/mol. The van der Waals surface area contributed by atoms with E-state index in [0.29, 0.717) is 10.5 Å². The predicted octanol–water partition coefficient (Wildman–Crippen LogP) is 4.08. The Bertz CT molecular complexity index is 1230. The Hall–Kier alpha value is -3.77. The third-order valence-corrected chi connectivity index (χ3v) is 6.28. The number of carbonyl (C=O) groups is 3. The Labute approximate surface area is 182 Å². The normalized spacial score (nSPS) is 21.8. The molecular formula is C25H17NO4S. The molecule has 6 heteroatoms. The zero-order valence-corrected chi connectivity index (χ0v) is 17.2. The van der Waals surface area contributed by atoms with E-state index in [9.17, 15) is 14.4 Å². The summed E-state index contributed by atoms with van der Waals surface area (Å²) in [4.78, 5) is 41.6. The van der Waals surface area contributed by atoms with Crippen LogP contribution in [-0.4, -0.2) is 28.3 Å². The lowest BCUT2D eigenvalue weighted by molar-refractivity contribution is -0.155. The average Bonchev–Trinajstić information content (AvgIpc) is 3.48. The summed E-state index contributed by atoms with van der Waals surface area (Å²) in [7, 11) is 0. The summed E-state index contributed by atoms with van der Waals surface area (Å²) in [6.45, 7) is 0.0989. The quantitative estimate of drug-likeness (QED) is 0.358. The van der Waals surface area contributed by atoms with Crippen LogP contribution >= 0.6 is 11.3 Å². The van der Waals surface area contributed by atoms with Crippen molar-refractivity contribution in [2.75, 3.05) is 0 Å². The topological polar surface area (TPSA) is 63.7 Å². The maximum Gasteiger partial charge on any atom is 0.333 e. The van der Waals surface area contributed by atoms with Crippen LogP contribution in [0.1, 0.15) is 16.0 Å². The highest BCUT2D eigenvalue weighted by Crippen LogP contribution is 2.49. The smallest absolute Gasteiger partial charge is 0.333 e. The highest BCUT2D eigenvalue weighted by molar-refractivity contribution is 7.11. The van der Waals surface area contributed by atoms with E-state index in [1.807, 2.05) is 78.2 Å². The summed E-state index contributed by atoms with van der Waals surface area (Å²) >= 11 is 1.39. The third-order valence-electron chi connectivity index (χ3n) is 5.38. The van der Waals surface area contributed by atoms with Gasteiger partial charge in [-0.25, -0.2) is 4.79 Å². The van der Waals surface area contributed by atoms with E-state index < -0.39 is 23.4 Å². The van der Waals surface area contributed by atoms with Crippen LogP contribution in [0.15, 0.2) is 89.8 Å². The average molecular weight is 427 g/mol. The molecule has 2 aliphatic rings. The molecular weight excluding hydrogens is 410 g/mol. The van der Waals surface area contributed by atoms with E-state index in [1.54, 1.807) is 6.08 Å². The number of carbonyl (C=O) groups excluding carboxylic acids is 3. The molecule has 0 N–H and O–H groups in total. The van der Waals surface area contributed by atoms with Gasteiger partial charge in [-0.05, 0) is 28.6 Å². The fourth-order valence-corrected chi connectivity index (χ4v) is 4.76. The number of nitrogens with zero attached hydrogens (tertiary/aromatic N) is 1. The van der Waals surface area contributed by atoms with Gasteiger partial charge < -0.3 is 4.74 Å². The van der Waals surface area contributed by atoms with Gasteiger partial charge in [0.05, 0.1) is 12.1 Å². The van der Waals surface area contributed by atoms with Crippen molar-refractivity contribution in [1.82, 2.24) is 4.90 Å². The second kappa shape index (κ2) is 7.49. The van der Waals surface area contributed by atoms with Crippen LogP contribution in [0.2, 0.25) is 0 Å². The number of benzene rings is 2. The zero-order valence-electron chi connectivity index (χ0n) is 16.4. The lowest BCUT2D eigenvalue weighted by Gasteiger charge is -2.24. The van der Waals surface area contributed by atoms with Gasteiger partial charge in [0, 0.05) is 16.5 Å². The molecule has 1 fully saturated rings. The number of imide groups is 1. The lowest BCUT2D eigenvalue weighted by atomic mass is 9.86. The number of esters is 1. The first-order chi connectivity index (χ1) is 15.1. The van der Waals surface area contributed by atoms with Gasteiger partial charge in [-0.15, -0.1) is 11.3 Å². The van der Waals surface area contributed by atoms with Crippen molar-refractivity contribution in [3.05, 3.63) is 106 Å². The molecule has 1 aromatic heterocycles. The van der Waals surface area contributed by atoms with Gasteiger partial charge in [0.1, 0.15) is 0 Å². The summed E-state index contributed by atoms with van der Waals surface area (Å²) < 4.78 is 5.68. The highest BCUT2D eigenvalue weighted by atomic mass is 32.1. The maximum atomic E-state index is 13.7. The molecule has 31 heavy (non-hydrogen) atoms. The van der Waals surface area contributed by atoms with Crippen molar-refractivity contribution >= 4 is 40.8 Å². The van der Waals surface area contributed by atoms with Gasteiger partial charge in [0.2, 0.25) is 5.60 Å². The molecule has 1 unspecified atom stereocenters. The Balaban J connectivity index is 1.68. The van der Waals surface area contributed by atoms with Crippen LogP contribution in [0.5, 0.6) is 0 Å². The van der Waals surface area contributed by atoms with Gasteiger partial charge in [-0.3, -0.25) is 14.5 Å². The Morgan fingerprint density at radius 3 is 2.29 bits per heavy atom. The van der Waals surface area contributed by atoms with Crippen LogP contribution in [-0.2, 0) is 25.7 Å². The van der Waals surface area contributed by atoms with Crippen molar-refractivity contribution in [2.24, 2.45) is 0 Å². The van der Waals surface area contributed by atoms with E-state index in [2.05, 4.69) is 0 Å². The Morgan fingerprint density at radius 2 is 1.61 bits per heavy atom. The number of ether oxygens (including phenoxy) is 1. The number of rotatable bonds is 4. The van der Waals surface area contributed by atoms with Gasteiger partial charge in [0.25, 0.3) is 11.8 Å². The molecule has 0 saturated carbocycles. The number of amides is 2. The number of hydrogen-bond donors (Lipinski definition) is 0. The number of thiophene rings is 1. The molecule has 152 valence electrons. The first kappa shape index (κ1) is 19.2. The first-order valence-electron chi connectivity index (χ1n) is 9.76. The molecule has 0 radical (unpaired) electrons. The highest BCUT2D eigenvalue weighted by Gasteiger charge is 2.63. The van der Waals surface area contributed by atoms with Crippen LogP contribution in [0.4, 0.5) is 0 Å². The fraction of sp³-hybridized carbons (Fsp3) is 0.0800. The summed E-state index contributed by atoms with van der Waals surface area (Å²) in [6.07, 6.45) is 2.97. The Morgan fingerprint density at radius 1 is 0.903 bits per heavy atom. The molecule has 0 aliphatic carbocycles. The molecule has 1 saturated heterocycles. The molecule has 2 aromatic carbocycles. The molecule has 3 heterocycles. The van der Waals surface area contributed by atoms with Crippen molar-refractivity contribution in [3.8, 4) is 0 Å². The van der Waals surface area contributed by atoms with Crippen molar-refractivity contribution < 1.29 is 19.1 Å². The summed E-state index contributed by atoms with van der Waals surface area (Å²) in [6, 6.07) is 22.2.